The van der Waals surface area contributed by atoms with Crippen LogP contribution >= 0.6 is 11.3 Å². The van der Waals surface area contributed by atoms with Gasteiger partial charge in [0.1, 0.15) is 0 Å². The largest absolute Gasteiger partial charge is 0.335 e. The van der Waals surface area contributed by atoms with E-state index in [9.17, 15) is 4.79 Å². The van der Waals surface area contributed by atoms with Crippen LogP contribution in [0.1, 0.15) is 42.4 Å². The monoisotopic (exact) mass is 368 g/mol. The van der Waals surface area contributed by atoms with Crippen LogP contribution in [0, 0.1) is 12.3 Å². The molecular formula is C22H28N2OS. The van der Waals surface area contributed by atoms with Crippen LogP contribution in [-0.4, -0.2) is 29.9 Å². The molecule has 2 aromatic rings. The topological polar surface area (TPSA) is 32.3 Å². The SMILES string of the molecule is Cc1ccc(CCC(=O)N(Cc2ccsc2)C2CC23CCNCC3)cc1. The number of carbonyl (C=O) groups excluding carboxylic acids is 1. The summed E-state index contributed by atoms with van der Waals surface area (Å²) >= 11 is 1.72. The normalized spacial score (nSPS) is 20.9. The molecule has 2 heterocycles. The van der Waals surface area contributed by atoms with E-state index in [2.05, 4.69) is 58.2 Å². The Balaban J connectivity index is 1.43. The number of benzene rings is 1. The van der Waals surface area contributed by atoms with E-state index in [1.54, 1.807) is 11.3 Å². The van der Waals surface area contributed by atoms with E-state index in [1.807, 2.05) is 0 Å². The molecule has 1 N–H and O–H groups in total. The maximum atomic E-state index is 13.1. The summed E-state index contributed by atoms with van der Waals surface area (Å²) in [6.07, 6.45) is 5.06. The highest BCUT2D eigenvalue weighted by Gasteiger charge is 2.57. The predicted octanol–water partition coefficient (Wildman–Crippen LogP) is 4.16. The Bertz CT molecular complexity index is 732. The second-order valence-corrected chi connectivity index (χ2v) is 8.75. The molecule has 1 aliphatic carbocycles. The molecule has 4 rings (SSSR count). The van der Waals surface area contributed by atoms with Gasteiger partial charge in [-0.3, -0.25) is 4.79 Å². The Hall–Kier alpha value is -1.65. The zero-order chi connectivity index (χ0) is 18.0. The number of nitrogens with one attached hydrogen (secondary N) is 1. The third-order valence-electron chi connectivity index (χ3n) is 6.12. The Morgan fingerprint density at radius 2 is 1.96 bits per heavy atom. The zero-order valence-electron chi connectivity index (χ0n) is 15.5. The van der Waals surface area contributed by atoms with Crippen LogP contribution in [0.15, 0.2) is 41.1 Å². The summed E-state index contributed by atoms with van der Waals surface area (Å²) in [4.78, 5) is 15.3. The number of rotatable bonds is 6. The Kier molecular flexibility index (Phi) is 5.14. The van der Waals surface area contributed by atoms with Gasteiger partial charge in [-0.15, -0.1) is 0 Å². The number of hydrogen-bond acceptors (Lipinski definition) is 3. The van der Waals surface area contributed by atoms with Gasteiger partial charge in [0.05, 0.1) is 0 Å². The molecule has 1 amide bonds. The fourth-order valence-corrected chi connectivity index (χ4v) is 4.99. The molecule has 1 unspecified atom stereocenters. The van der Waals surface area contributed by atoms with Crippen molar-refractivity contribution in [2.45, 2.75) is 51.6 Å². The minimum atomic E-state index is 0.317. The van der Waals surface area contributed by atoms with Gasteiger partial charge in [-0.25, -0.2) is 0 Å². The summed E-state index contributed by atoms with van der Waals surface area (Å²) in [5.74, 6) is 0.317. The molecule has 26 heavy (non-hydrogen) atoms. The van der Waals surface area contributed by atoms with E-state index in [1.165, 1.54) is 36.0 Å². The van der Waals surface area contributed by atoms with Crippen molar-refractivity contribution >= 4 is 17.2 Å². The molecule has 2 aliphatic rings. The fraction of sp³-hybridized carbons (Fsp3) is 0.500. The summed E-state index contributed by atoms with van der Waals surface area (Å²) in [6.45, 7) is 5.07. The van der Waals surface area contributed by atoms with Gasteiger partial charge in [0.15, 0.2) is 0 Å². The van der Waals surface area contributed by atoms with Crippen molar-refractivity contribution in [3.63, 3.8) is 0 Å². The van der Waals surface area contributed by atoms with Crippen molar-refractivity contribution in [2.75, 3.05) is 13.1 Å². The molecule has 1 saturated heterocycles. The average Bonchev–Trinajstić information content (AvgIpc) is 3.08. The van der Waals surface area contributed by atoms with E-state index >= 15 is 0 Å². The van der Waals surface area contributed by atoms with Crippen LogP contribution < -0.4 is 5.32 Å². The van der Waals surface area contributed by atoms with Crippen LogP contribution in [0.5, 0.6) is 0 Å². The van der Waals surface area contributed by atoms with Gasteiger partial charge < -0.3 is 10.2 Å². The molecule has 1 spiro atoms. The molecule has 1 aliphatic heterocycles. The second kappa shape index (κ2) is 7.53. The van der Waals surface area contributed by atoms with Crippen molar-refractivity contribution < 1.29 is 4.79 Å². The Labute approximate surface area is 160 Å². The van der Waals surface area contributed by atoms with Crippen molar-refractivity contribution in [3.8, 4) is 0 Å². The van der Waals surface area contributed by atoms with Gasteiger partial charge in [-0.1, -0.05) is 29.8 Å². The van der Waals surface area contributed by atoms with Gasteiger partial charge in [0, 0.05) is 19.0 Å². The number of nitrogens with zero attached hydrogens (tertiary/aromatic N) is 1. The molecule has 138 valence electrons. The molecule has 0 radical (unpaired) electrons. The minimum Gasteiger partial charge on any atom is -0.335 e. The first-order chi connectivity index (χ1) is 12.7. The van der Waals surface area contributed by atoms with Crippen molar-refractivity contribution in [2.24, 2.45) is 5.41 Å². The number of carbonyl (C=O) groups is 1. The molecule has 0 bridgehead atoms. The number of amides is 1. The Morgan fingerprint density at radius 1 is 1.19 bits per heavy atom. The molecule has 1 saturated carbocycles. The van der Waals surface area contributed by atoms with Gasteiger partial charge in [0.2, 0.25) is 5.91 Å². The Morgan fingerprint density at radius 3 is 2.65 bits per heavy atom. The third-order valence-corrected chi connectivity index (χ3v) is 6.86. The highest BCUT2D eigenvalue weighted by atomic mass is 32.1. The summed E-state index contributed by atoms with van der Waals surface area (Å²) in [5.41, 5.74) is 4.19. The maximum Gasteiger partial charge on any atom is 0.223 e. The van der Waals surface area contributed by atoms with Gasteiger partial charge in [-0.05, 0) is 79.1 Å². The van der Waals surface area contributed by atoms with Crippen LogP contribution in [0.3, 0.4) is 0 Å². The molecule has 3 nitrogen and oxygen atoms in total. The molecular weight excluding hydrogens is 340 g/mol. The summed E-state index contributed by atoms with van der Waals surface area (Å²) in [7, 11) is 0. The highest BCUT2D eigenvalue weighted by molar-refractivity contribution is 7.07. The molecule has 1 atom stereocenters. The second-order valence-electron chi connectivity index (χ2n) is 7.97. The summed E-state index contributed by atoms with van der Waals surface area (Å²) in [6, 6.07) is 11.2. The molecule has 1 aromatic heterocycles. The van der Waals surface area contributed by atoms with Crippen LogP contribution in [0.25, 0.3) is 0 Å². The first-order valence-corrected chi connectivity index (χ1v) is 10.7. The van der Waals surface area contributed by atoms with Gasteiger partial charge >= 0.3 is 0 Å². The van der Waals surface area contributed by atoms with E-state index in [-0.39, 0.29) is 0 Å². The minimum absolute atomic E-state index is 0.317. The molecule has 1 aromatic carbocycles. The highest BCUT2D eigenvalue weighted by Crippen LogP contribution is 2.56. The predicted molar refractivity (Wildman–Crippen MR) is 107 cm³/mol. The molecule has 4 heteroatoms. The lowest BCUT2D eigenvalue weighted by molar-refractivity contribution is -0.133. The van der Waals surface area contributed by atoms with E-state index in [4.69, 9.17) is 0 Å². The summed E-state index contributed by atoms with van der Waals surface area (Å²) in [5, 5.41) is 7.75. The van der Waals surface area contributed by atoms with E-state index in [0.717, 1.165) is 26.1 Å². The number of hydrogen-bond donors (Lipinski definition) is 1. The smallest absolute Gasteiger partial charge is 0.223 e. The average molecular weight is 369 g/mol. The third kappa shape index (κ3) is 3.86. The first-order valence-electron chi connectivity index (χ1n) is 9.73. The van der Waals surface area contributed by atoms with Crippen molar-refractivity contribution in [3.05, 3.63) is 57.8 Å². The molecule has 2 fully saturated rings. The van der Waals surface area contributed by atoms with Crippen LogP contribution in [0.2, 0.25) is 0 Å². The maximum absolute atomic E-state index is 13.1. The fourth-order valence-electron chi connectivity index (χ4n) is 4.33. The van der Waals surface area contributed by atoms with Crippen LogP contribution in [-0.2, 0) is 17.8 Å². The number of aryl methyl sites for hydroxylation is 2. The van der Waals surface area contributed by atoms with Crippen molar-refractivity contribution in [1.82, 2.24) is 10.2 Å². The van der Waals surface area contributed by atoms with Crippen LogP contribution in [0.4, 0.5) is 0 Å². The summed E-state index contributed by atoms with van der Waals surface area (Å²) < 4.78 is 0. The number of thiophene rings is 1. The lowest BCUT2D eigenvalue weighted by atomic mass is 9.93. The van der Waals surface area contributed by atoms with Gasteiger partial charge in [0.25, 0.3) is 0 Å². The zero-order valence-corrected chi connectivity index (χ0v) is 16.4. The standard InChI is InChI=1S/C22H28N2OS/c1-17-2-4-18(5-3-17)6-7-21(25)24(15-19-8-13-26-16-19)20-14-22(20)9-11-23-12-10-22/h2-5,8,13,16,20,23H,6-7,9-12,14-15H2,1H3. The van der Waals surface area contributed by atoms with Crippen molar-refractivity contribution in [1.29, 1.82) is 0 Å². The van der Waals surface area contributed by atoms with Gasteiger partial charge in [-0.2, -0.15) is 11.3 Å². The first kappa shape index (κ1) is 17.7. The van der Waals surface area contributed by atoms with E-state index in [0.29, 0.717) is 23.8 Å². The van der Waals surface area contributed by atoms with E-state index < -0.39 is 0 Å². The quantitative estimate of drug-likeness (QED) is 0.830. The lowest BCUT2D eigenvalue weighted by Crippen LogP contribution is -2.39. The number of piperidine rings is 1. The lowest BCUT2D eigenvalue weighted by Gasteiger charge is -2.29.